The first-order valence-corrected chi connectivity index (χ1v) is 5.94. The average molecular weight is 258 g/mol. The van der Waals surface area contributed by atoms with Crippen molar-refractivity contribution in [2.24, 2.45) is 0 Å². The SMILES string of the molecule is O=C(COc1ccccc1)NCCOCCCl. The highest BCUT2D eigenvalue weighted by atomic mass is 35.5. The maximum Gasteiger partial charge on any atom is 0.258 e. The lowest BCUT2D eigenvalue weighted by Crippen LogP contribution is -2.31. The van der Waals surface area contributed by atoms with Crippen LogP contribution in [0.25, 0.3) is 0 Å². The highest BCUT2D eigenvalue weighted by molar-refractivity contribution is 6.17. The number of halogens is 1. The van der Waals surface area contributed by atoms with Crippen LogP contribution >= 0.6 is 11.6 Å². The first-order chi connectivity index (χ1) is 8.33. The highest BCUT2D eigenvalue weighted by Crippen LogP contribution is 2.07. The van der Waals surface area contributed by atoms with Crippen molar-refractivity contribution in [3.8, 4) is 5.75 Å². The van der Waals surface area contributed by atoms with Crippen LogP contribution in [0.3, 0.4) is 0 Å². The summed E-state index contributed by atoms with van der Waals surface area (Å²) in [6.07, 6.45) is 0. The van der Waals surface area contributed by atoms with E-state index >= 15 is 0 Å². The van der Waals surface area contributed by atoms with E-state index in [0.717, 1.165) is 0 Å². The fraction of sp³-hybridized carbons (Fsp3) is 0.417. The summed E-state index contributed by atoms with van der Waals surface area (Å²) >= 11 is 5.43. The molecule has 0 saturated carbocycles. The summed E-state index contributed by atoms with van der Waals surface area (Å²) in [5.74, 6) is 0.981. The Morgan fingerprint density at radius 1 is 1.24 bits per heavy atom. The van der Waals surface area contributed by atoms with Crippen LogP contribution in [0.4, 0.5) is 0 Å². The summed E-state index contributed by atoms with van der Waals surface area (Å²) in [7, 11) is 0. The van der Waals surface area contributed by atoms with Crippen LogP contribution in [0.1, 0.15) is 0 Å². The maximum atomic E-state index is 11.3. The van der Waals surface area contributed by atoms with Crippen LogP contribution in [0.2, 0.25) is 0 Å². The number of rotatable bonds is 8. The Hall–Kier alpha value is -1.26. The van der Waals surface area contributed by atoms with Gasteiger partial charge >= 0.3 is 0 Å². The minimum Gasteiger partial charge on any atom is -0.484 e. The van der Waals surface area contributed by atoms with Gasteiger partial charge in [0, 0.05) is 12.4 Å². The predicted molar refractivity (Wildman–Crippen MR) is 66.5 cm³/mol. The molecular weight excluding hydrogens is 242 g/mol. The zero-order valence-electron chi connectivity index (χ0n) is 9.52. The highest BCUT2D eigenvalue weighted by Gasteiger charge is 2.01. The van der Waals surface area contributed by atoms with Gasteiger partial charge in [-0.3, -0.25) is 4.79 Å². The molecule has 0 heterocycles. The molecule has 0 bridgehead atoms. The van der Waals surface area contributed by atoms with Gasteiger partial charge in [-0.15, -0.1) is 11.6 Å². The largest absolute Gasteiger partial charge is 0.484 e. The smallest absolute Gasteiger partial charge is 0.258 e. The topological polar surface area (TPSA) is 47.6 Å². The fourth-order valence-corrected chi connectivity index (χ4v) is 1.24. The van der Waals surface area contributed by atoms with Crippen LogP contribution in [-0.4, -0.2) is 38.2 Å². The van der Waals surface area contributed by atoms with Crippen molar-refractivity contribution < 1.29 is 14.3 Å². The van der Waals surface area contributed by atoms with Crippen LogP contribution in [0, 0.1) is 0 Å². The molecule has 4 nitrogen and oxygen atoms in total. The Labute approximate surface area is 106 Å². The number of para-hydroxylation sites is 1. The van der Waals surface area contributed by atoms with E-state index in [1.165, 1.54) is 0 Å². The van der Waals surface area contributed by atoms with Gasteiger partial charge in [-0.2, -0.15) is 0 Å². The van der Waals surface area contributed by atoms with Crippen molar-refractivity contribution in [3.63, 3.8) is 0 Å². The molecule has 1 aromatic carbocycles. The zero-order chi connectivity index (χ0) is 12.3. The van der Waals surface area contributed by atoms with E-state index in [0.29, 0.717) is 31.4 Å². The van der Waals surface area contributed by atoms with Crippen LogP contribution in [0.5, 0.6) is 5.75 Å². The van der Waals surface area contributed by atoms with E-state index < -0.39 is 0 Å². The number of ether oxygens (including phenoxy) is 2. The first-order valence-electron chi connectivity index (χ1n) is 5.41. The minimum atomic E-state index is -0.164. The van der Waals surface area contributed by atoms with Gasteiger partial charge in [-0.05, 0) is 12.1 Å². The molecule has 0 saturated heterocycles. The van der Waals surface area contributed by atoms with Crippen molar-refractivity contribution in [1.29, 1.82) is 0 Å². The molecular formula is C12H16ClNO3. The summed E-state index contributed by atoms with van der Waals surface area (Å²) in [6, 6.07) is 9.20. The van der Waals surface area contributed by atoms with Gasteiger partial charge in [0.2, 0.25) is 0 Å². The number of carbonyl (C=O) groups is 1. The number of carbonyl (C=O) groups excluding carboxylic acids is 1. The van der Waals surface area contributed by atoms with Crippen molar-refractivity contribution in [2.75, 3.05) is 32.2 Å². The molecule has 0 fully saturated rings. The molecule has 0 aliphatic heterocycles. The fourth-order valence-electron chi connectivity index (χ4n) is 1.14. The molecule has 0 aliphatic rings. The van der Waals surface area contributed by atoms with Gasteiger partial charge in [0.15, 0.2) is 6.61 Å². The molecule has 17 heavy (non-hydrogen) atoms. The Morgan fingerprint density at radius 2 is 2.00 bits per heavy atom. The Morgan fingerprint density at radius 3 is 2.71 bits per heavy atom. The molecule has 5 heteroatoms. The van der Waals surface area contributed by atoms with E-state index in [1.807, 2.05) is 18.2 Å². The second-order valence-electron chi connectivity index (χ2n) is 3.25. The second kappa shape index (κ2) is 8.84. The lowest BCUT2D eigenvalue weighted by molar-refractivity contribution is -0.123. The Balaban J connectivity index is 2.05. The van der Waals surface area contributed by atoms with Gasteiger partial charge in [0.25, 0.3) is 5.91 Å². The number of amides is 1. The average Bonchev–Trinajstić information content (AvgIpc) is 2.37. The molecule has 1 N–H and O–H groups in total. The number of alkyl halides is 1. The maximum absolute atomic E-state index is 11.3. The van der Waals surface area contributed by atoms with E-state index in [2.05, 4.69) is 5.32 Å². The summed E-state index contributed by atoms with van der Waals surface area (Å²) in [6.45, 7) is 1.44. The molecule has 94 valence electrons. The Kier molecular flexibility index (Phi) is 7.18. The van der Waals surface area contributed by atoms with Crippen molar-refractivity contribution in [1.82, 2.24) is 5.32 Å². The monoisotopic (exact) mass is 257 g/mol. The Bertz CT molecular complexity index is 319. The van der Waals surface area contributed by atoms with Gasteiger partial charge in [-0.25, -0.2) is 0 Å². The van der Waals surface area contributed by atoms with Crippen LogP contribution in [-0.2, 0) is 9.53 Å². The molecule has 1 aromatic rings. The standard InChI is InChI=1S/C12H16ClNO3/c13-6-8-16-9-7-14-12(15)10-17-11-4-2-1-3-5-11/h1-5H,6-10H2,(H,14,15). The van der Waals surface area contributed by atoms with Crippen molar-refractivity contribution in [2.45, 2.75) is 0 Å². The minimum absolute atomic E-state index is 0.0134. The van der Waals surface area contributed by atoms with E-state index in [4.69, 9.17) is 21.1 Å². The number of hydrogen-bond acceptors (Lipinski definition) is 3. The second-order valence-corrected chi connectivity index (χ2v) is 3.63. The zero-order valence-corrected chi connectivity index (χ0v) is 10.3. The molecule has 1 amide bonds. The van der Waals surface area contributed by atoms with E-state index in [-0.39, 0.29) is 12.5 Å². The molecule has 0 aromatic heterocycles. The first kappa shape index (κ1) is 13.8. The number of benzene rings is 1. The lowest BCUT2D eigenvalue weighted by atomic mass is 10.3. The summed E-state index contributed by atoms with van der Waals surface area (Å²) in [5.41, 5.74) is 0. The van der Waals surface area contributed by atoms with E-state index in [1.54, 1.807) is 12.1 Å². The summed E-state index contributed by atoms with van der Waals surface area (Å²) in [4.78, 5) is 11.3. The molecule has 1 rings (SSSR count). The normalized spacial score (nSPS) is 9.94. The molecule has 0 spiro atoms. The van der Waals surface area contributed by atoms with Gasteiger partial charge in [0.1, 0.15) is 5.75 Å². The molecule has 0 aliphatic carbocycles. The molecule has 0 radical (unpaired) electrons. The molecule has 0 atom stereocenters. The molecule has 0 unspecified atom stereocenters. The van der Waals surface area contributed by atoms with Gasteiger partial charge in [-0.1, -0.05) is 18.2 Å². The third kappa shape index (κ3) is 6.81. The number of hydrogen-bond donors (Lipinski definition) is 1. The summed E-state index contributed by atoms with van der Waals surface area (Å²) < 4.78 is 10.4. The van der Waals surface area contributed by atoms with Crippen molar-refractivity contribution >= 4 is 17.5 Å². The number of nitrogens with one attached hydrogen (secondary N) is 1. The third-order valence-corrected chi connectivity index (χ3v) is 2.06. The van der Waals surface area contributed by atoms with Gasteiger partial charge in [0.05, 0.1) is 13.2 Å². The van der Waals surface area contributed by atoms with Crippen LogP contribution in [0.15, 0.2) is 30.3 Å². The predicted octanol–water partition coefficient (Wildman–Crippen LogP) is 1.44. The summed E-state index contributed by atoms with van der Waals surface area (Å²) in [5, 5.41) is 2.68. The third-order valence-electron chi connectivity index (χ3n) is 1.90. The van der Waals surface area contributed by atoms with Crippen LogP contribution < -0.4 is 10.1 Å². The van der Waals surface area contributed by atoms with Crippen molar-refractivity contribution in [3.05, 3.63) is 30.3 Å². The lowest BCUT2D eigenvalue weighted by Gasteiger charge is -2.07. The van der Waals surface area contributed by atoms with E-state index in [9.17, 15) is 4.79 Å². The quantitative estimate of drug-likeness (QED) is 0.566. The van der Waals surface area contributed by atoms with Gasteiger partial charge < -0.3 is 14.8 Å².